The van der Waals surface area contributed by atoms with Gasteiger partial charge in [-0.3, -0.25) is 4.90 Å². The van der Waals surface area contributed by atoms with Crippen molar-refractivity contribution >= 4 is 15.9 Å². The third kappa shape index (κ3) is 3.03. The van der Waals surface area contributed by atoms with Gasteiger partial charge in [-0.15, -0.1) is 0 Å². The Morgan fingerprint density at radius 2 is 2.38 bits per heavy atom. The van der Waals surface area contributed by atoms with E-state index < -0.39 is 0 Å². The van der Waals surface area contributed by atoms with Crippen molar-refractivity contribution < 1.29 is 9.13 Å². The summed E-state index contributed by atoms with van der Waals surface area (Å²) in [6, 6.07) is 4.85. The van der Waals surface area contributed by atoms with Crippen LogP contribution in [0, 0.1) is 5.82 Å². The summed E-state index contributed by atoms with van der Waals surface area (Å²) in [5, 5.41) is 0. The van der Waals surface area contributed by atoms with Gasteiger partial charge in [-0.1, -0.05) is 22.0 Å². The van der Waals surface area contributed by atoms with E-state index in [0.717, 1.165) is 36.3 Å². The van der Waals surface area contributed by atoms with E-state index in [9.17, 15) is 4.39 Å². The molecule has 0 saturated carbocycles. The van der Waals surface area contributed by atoms with Gasteiger partial charge in [0.1, 0.15) is 5.82 Å². The van der Waals surface area contributed by atoms with Gasteiger partial charge in [-0.25, -0.2) is 4.39 Å². The summed E-state index contributed by atoms with van der Waals surface area (Å²) in [6.45, 7) is 5.57. The smallest absolute Gasteiger partial charge is 0.124 e. The molecule has 2 rings (SSSR count). The first-order chi connectivity index (χ1) is 7.65. The molecule has 0 bridgehead atoms. The Hall–Kier alpha value is -0.450. The number of rotatable bonds is 2. The molecule has 1 fully saturated rings. The molecule has 0 spiro atoms. The normalized spacial score (nSPS) is 22.3. The van der Waals surface area contributed by atoms with E-state index >= 15 is 0 Å². The van der Waals surface area contributed by atoms with Crippen LogP contribution in [0.2, 0.25) is 0 Å². The molecule has 88 valence electrons. The lowest BCUT2D eigenvalue weighted by atomic mass is 10.2. The van der Waals surface area contributed by atoms with Crippen LogP contribution in [0.5, 0.6) is 0 Å². The molecule has 16 heavy (non-hydrogen) atoms. The summed E-state index contributed by atoms with van der Waals surface area (Å²) in [4.78, 5) is 2.33. The van der Waals surface area contributed by atoms with Crippen molar-refractivity contribution in [3.05, 3.63) is 34.1 Å². The molecule has 0 N–H and O–H groups in total. The van der Waals surface area contributed by atoms with Gasteiger partial charge in [0.05, 0.1) is 12.7 Å². The van der Waals surface area contributed by atoms with Crippen molar-refractivity contribution in [1.29, 1.82) is 0 Å². The summed E-state index contributed by atoms with van der Waals surface area (Å²) in [5.41, 5.74) is 1.12. The standard InChI is InChI=1S/C12H15BrFNO/c1-9-7-15(4-5-16-9)8-10-2-3-11(14)6-12(10)13/h2-3,6,9H,4-5,7-8H2,1H3/t9-/m0/s1. The molecule has 1 aromatic rings. The zero-order valence-electron chi connectivity index (χ0n) is 9.25. The van der Waals surface area contributed by atoms with Gasteiger partial charge < -0.3 is 4.74 Å². The van der Waals surface area contributed by atoms with Crippen LogP contribution < -0.4 is 0 Å². The second-order valence-corrected chi connectivity index (χ2v) is 5.01. The minimum absolute atomic E-state index is 0.203. The molecular formula is C12H15BrFNO. The number of halogens is 2. The highest BCUT2D eigenvalue weighted by Crippen LogP contribution is 2.20. The molecule has 1 aliphatic rings. The molecular weight excluding hydrogens is 273 g/mol. The molecule has 1 aromatic carbocycles. The fourth-order valence-electron chi connectivity index (χ4n) is 1.93. The zero-order chi connectivity index (χ0) is 11.5. The van der Waals surface area contributed by atoms with E-state index in [2.05, 4.69) is 27.8 Å². The van der Waals surface area contributed by atoms with Crippen LogP contribution in [0.25, 0.3) is 0 Å². The largest absolute Gasteiger partial charge is 0.376 e. The Labute approximate surface area is 104 Å². The summed E-state index contributed by atoms with van der Waals surface area (Å²) in [7, 11) is 0. The lowest BCUT2D eigenvalue weighted by molar-refractivity contribution is -0.0212. The minimum Gasteiger partial charge on any atom is -0.376 e. The fraction of sp³-hybridized carbons (Fsp3) is 0.500. The molecule has 0 aliphatic carbocycles. The van der Waals surface area contributed by atoms with Gasteiger partial charge >= 0.3 is 0 Å². The monoisotopic (exact) mass is 287 g/mol. The van der Waals surface area contributed by atoms with Crippen LogP contribution in [-0.2, 0) is 11.3 Å². The quantitative estimate of drug-likeness (QED) is 0.829. The lowest BCUT2D eigenvalue weighted by Gasteiger charge is -2.31. The second kappa shape index (κ2) is 5.25. The molecule has 1 heterocycles. The minimum atomic E-state index is -0.203. The number of benzene rings is 1. The summed E-state index contributed by atoms with van der Waals surface area (Å²) < 4.78 is 19.2. The molecule has 1 aliphatic heterocycles. The molecule has 1 atom stereocenters. The third-order valence-corrected chi connectivity index (χ3v) is 3.47. The Bertz CT molecular complexity index is 372. The number of morpholine rings is 1. The van der Waals surface area contributed by atoms with Crippen LogP contribution in [0.15, 0.2) is 22.7 Å². The van der Waals surface area contributed by atoms with Gasteiger partial charge in [0.2, 0.25) is 0 Å². The number of hydrogen-bond acceptors (Lipinski definition) is 2. The van der Waals surface area contributed by atoms with E-state index in [4.69, 9.17) is 4.74 Å². The number of nitrogens with zero attached hydrogens (tertiary/aromatic N) is 1. The lowest BCUT2D eigenvalue weighted by Crippen LogP contribution is -2.40. The maximum Gasteiger partial charge on any atom is 0.124 e. The van der Waals surface area contributed by atoms with Crippen LogP contribution in [0.3, 0.4) is 0 Å². The van der Waals surface area contributed by atoms with E-state index in [-0.39, 0.29) is 11.9 Å². The fourth-order valence-corrected chi connectivity index (χ4v) is 2.40. The molecule has 0 aromatic heterocycles. The average molecular weight is 288 g/mol. The molecule has 1 saturated heterocycles. The Morgan fingerprint density at radius 3 is 3.06 bits per heavy atom. The van der Waals surface area contributed by atoms with Crippen molar-refractivity contribution in [3.8, 4) is 0 Å². The van der Waals surface area contributed by atoms with Gasteiger partial charge in [0, 0.05) is 24.1 Å². The predicted molar refractivity (Wildman–Crippen MR) is 64.8 cm³/mol. The van der Waals surface area contributed by atoms with E-state index in [1.165, 1.54) is 12.1 Å². The Balaban J connectivity index is 2.02. The van der Waals surface area contributed by atoms with Crippen molar-refractivity contribution in [1.82, 2.24) is 4.90 Å². The van der Waals surface area contributed by atoms with Gasteiger partial charge in [0.25, 0.3) is 0 Å². The van der Waals surface area contributed by atoms with E-state index in [1.807, 2.05) is 6.07 Å². The van der Waals surface area contributed by atoms with Crippen LogP contribution in [-0.4, -0.2) is 30.7 Å². The number of hydrogen-bond donors (Lipinski definition) is 0. The molecule has 0 unspecified atom stereocenters. The number of ether oxygens (including phenoxy) is 1. The summed E-state index contributed by atoms with van der Waals surface area (Å²) in [5.74, 6) is -0.203. The highest BCUT2D eigenvalue weighted by Gasteiger charge is 2.17. The first-order valence-corrected chi connectivity index (χ1v) is 6.22. The maximum atomic E-state index is 12.9. The maximum absolute atomic E-state index is 12.9. The molecule has 0 amide bonds. The van der Waals surface area contributed by atoms with E-state index in [1.54, 1.807) is 0 Å². The van der Waals surface area contributed by atoms with Crippen LogP contribution in [0.1, 0.15) is 12.5 Å². The Morgan fingerprint density at radius 1 is 1.56 bits per heavy atom. The first kappa shape index (κ1) is 12.0. The third-order valence-electron chi connectivity index (χ3n) is 2.73. The average Bonchev–Trinajstić information content (AvgIpc) is 2.22. The van der Waals surface area contributed by atoms with Crippen molar-refractivity contribution in [2.24, 2.45) is 0 Å². The first-order valence-electron chi connectivity index (χ1n) is 5.43. The van der Waals surface area contributed by atoms with Crippen molar-refractivity contribution in [3.63, 3.8) is 0 Å². The van der Waals surface area contributed by atoms with Crippen molar-refractivity contribution in [2.75, 3.05) is 19.7 Å². The van der Waals surface area contributed by atoms with Crippen molar-refractivity contribution in [2.45, 2.75) is 19.6 Å². The topological polar surface area (TPSA) is 12.5 Å². The van der Waals surface area contributed by atoms with Gasteiger partial charge in [-0.05, 0) is 24.6 Å². The van der Waals surface area contributed by atoms with Crippen LogP contribution >= 0.6 is 15.9 Å². The SMILES string of the molecule is C[C@H]1CN(Cc2ccc(F)cc2Br)CCO1. The van der Waals surface area contributed by atoms with E-state index in [0.29, 0.717) is 0 Å². The molecule has 2 nitrogen and oxygen atoms in total. The van der Waals surface area contributed by atoms with Crippen LogP contribution in [0.4, 0.5) is 4.39 Å². The molecule has 0 radical (unpaired) electrons. The van der Waals surface area contributed by atoms with Gasteiger partial charge in [-0.2, -0.15) is 0 Å². The molecule has 4 heteroatoms. The summed E-state index contributed by atoms with van der Waals surface area (Å²) >= 11 is 3.39. The summed E-state index contributed by atoms with van der Waals surface area (Å²) in [6.07, 6.45) is 0.285. The predicted octanol–water partition coefficient (Wildman–Crippen LogP) is 2.81. The zero-order valence-corrected chi connectivity index (χ0v) is 10.8. The highest BCUT2D eigenvalue weighted by molar-refractivity contribution is 9.10. The second-order valence-electron chi connectivity index (χ2n) is 4.15. The Kier molecular flexibility index (Phi) is 3.95. The highest BCUT2D eigenvalue weighted by atomic mass is 79.9. The van der Waals surface area contributed by atoms with Gasteiger partial charge in [0.15, 0.2) is 0 Å².